The summed E-state index contributed by atoms with van der Waals surface area (Å²) in [5.74, 6) is 1.63. The number of rotatable bonds is 3. The van der Waals surface area contributed by atoms with Gasteiger partial charge < -0.3 is 9.64 Å². The number of anilines is 3. The number of ether oxygens (including phenoxy) is 1. The van der Waals surface area contributed by atoms with Crippen molar-refractivity contribution >= 4 is 17.1 Å². The molecule has 0 spiro atoms. The highest BCUT2D eigenvalue weighted by atomic mass is 16.5. The van der Waals surface area contributed by atoms with E-state index in [1.54, 1.807) is 12.3 Å². The maximum Gasteiger partial charge on any atom is 0.151 e. The zero-order valence-corrected chi connectivity index (χ0v) is 18.2. The van der Waals surface area contributed by atoms with Gasteiger partial charge in [-0.1, -0.05) is 66.7 Å². The number of fused-ring (bicyclic) bond motifs is 2. The number of pyridine rings is 1. The zero-order chi connectivity index (χ0) is 22.9. The highest BCUT2D eigenvalue weighted by Crippen LogP contribution is 2.52. The van der Waals surface area contributed by atoms with E-state index in [1.165, 1.54) is 0 Å². The van der Waals surface area contributed by atoms with E-state index in [1.807, 2.05) is 60.7 Å². The van der Waals surface area contributed by atoms with Crippen LogP contribution in [0, 0.1) is 11.3 Å². The van der Waals surface area contributed by atoms with Crippen LogP contribution in [-0.2, 0) is 0 Å². The quantitative estimate of drug-likeness (QED) is 0.283. The Kier molecular flexibility index (Phi) is 4.79. The van der Waals surface area contributed by atoms with Crippen LogP contribution in [0.1, 0.15) is 5.56 Å². The average Bonchev–Trinajstić information content (AvgIpc) is 2.92. The fraction of sp³-hybridized carbons (Fsp3) is 0. The van der Waals surface area contributed by atoms with Gasteiger partial charge in [0.15, 0.2) is 11.5 Å². The standard InChI is InChI=1S/C30H19N3O/c31-20-21-17-18-32-25(19-21)23-10-2-1-9-22(23)24-11-3-4-12-26(24)33-27-13-5-7-15-29(27)34-30-16-8-6-14-28(30)33/h1-19H. The first-order chi connectivity index (χ1) is 16.8. The van der Waals surface area contributed by atoms with Crippen LogP contribution in [0.25, 0.3) is 22.4 Å². The number of benzene rings is 4. The van der Waals surface area contributed by atoms with E-state index in [2.05, 4.69) is 58.4 Å². The molecule has 0 unspecified atom stereocenters. The molecule has 0 radical (unpaired) electrons. The molecule has 0 saturated carbocycles. The predicted molar refractivity (Wildman–Crippen MR) is 135 cm³/mol. The van der Waals surface area contributed by atoms with E-state index in [0.717, 1.165) is 50.9 Å². The van der Waals surface area contributed by atoms with Crippen LogP contribution in [0.5, 0.6) is 11.5 Å². The summed E-state index contributed by atoms with van der Waals surface area (Å²) in [6, 6.07) is 38.5. The van der Waals surface area contributed by atoms with Crippen molar-refractivity contribution in [2.75, 3.05) is 4.90 Å². The lowest BCUT2D eigenvalue weighted by molar-refractivity contribution is 0.477. The summed E-state index contributed by atoms with van der Waals surface area (Å²) in [5.41, 5.74) is 7.44. The monoisotopic (exact) mass is 437 g/mol. The van der Waals surface area contributed by atoms with E-state index in [9.17, 15) is 5.26 Å². The van der Waals surface area contributed by atoms with Gasteiger partial charge in [0.2, 0.25) is 0 Å². The second kappa shape index (κ2) is 8.23. The highest BCUT2D eigenvalue weighted by Gasteiger charge is 2.27. The maximum atomic E-state index is 9.40. The van der Waals surface area contributed by atoms with Crippen molar-refractivity contribution in [2.24, 2.45) is 0 Å². The molecular formula is C30H19N3O. The van der Waals surface area contributed by atoms with E-state index >= 15 is 0 Å². The molecule has 1 aliphatic heterocycles. The fourth-order valence-corrected chi connectivity index (χ4v) is 4.45. The van der Waals surface area contributed by atoms with Gasteiger partial charge in [0.1, 0.15) is 0 Å². The van der Waals surface area contributed by atoms with Gasteiger partial charge in [-0.2, -0.15) is 5.26 Å². The van der Waals surface area contributed by atoms with Crippen molar-refractivity contribution < 1.29 is 4.74 Å². The average molecular weight is 438 g/mol. The van der Waals surface area contributed by atoms with Crippen LogP contribution in [0.4, 0.5) is 17.1 Å². The van der Waals surface area contributed by atoms with Gasteiger partial charge in [-0.25, -0.2) is 0 Å². The summed E-state index contributed by atoms with van der Waals surface area (Å²) >= 11 is 0. The Morgan fingerprint density at radius 2 is 1.18 bits per heavy atom. The largest absolute Gasteiger partial charge is 0.453 e. The Labute approximate surface area is 198 Å². The number of para-hydroxylation sites is 5. The van der Waals surface area contributed by atoms with Crippen LogP contribution in [-0.4, -0.2) is 4.98 Å². The van der Waals surface area contributed by atoms with Gasteiger partial charge in [-0.05, 0) is 48.0 Å². The van der Waals surface area contributed by atoms with Crippen molar-refractivity contribution in [3.05, 3.63) is 121 Å². The molecule has 34 heavy (non-hydrogen) atoms. The molecule has 1 aliphatic rings. The first kappa shape index (κ1) is 19.8. The molecule has 1 aromatic heterocycles. The molecule has 0 atom stereocenters. The van der Waals surface area contributed by atoms with Gasteiger partial charge in [0.25, 0.3) is 0 Å². The van der Waals surface area contributed by atoms with Crippen LogP contribution >= 0.6 is 0 Å². The SMILES string of the molecule is N#Cc1ccnc(-c2ccccc2-c2ccccc2N2c3ccccc3Oc3ccccc32)c1. The Balaban J connectivity index is 1.59. The first-order valence-electron chi connectivity index (χ1n) is 11.0. The summed E-state index contributed by atoms with van der Waals surface area (Å²) in [6.45, 7) is 0. The van der Waals surface area contributed by atoms with Crippen molar-refractivity contribution in [2.45, 2.75) is 0 Å². The molecule has 0 bridgehead atoms. The lowest BCUT2D eigenvalue weighted by Crippen LogP contribution is -2.16. The third kappa shape index (κ3) is 3.28. The number of hydrogen-bond acceptors (Lipinski definition) is 4. The number of nitriles is 1. The maximum absolute atomic E-state index is 9.40. The molecule has 0 aliphatic carbocycles. The number of hydrogen-bond donors (Lipinski definition) is 0. The van der Waals surface area contributed by atoms with Crippen molar-refractivity contribution in [1.29, 1.82) is 5.26 Å². The lowest BCUT2D eigenvalue weighted by atomic mass is 9.94. The topological polar surface area (TPSA) is 49.2 Å². The van der Waals surface area contributed by atoms with E-state index in [-0.39, 0.29) is 0 Å². The molecule has 6 rings (SSSR count). The minimum atomic E-state index is 0.587. The molecule has 5 aromatic rings. The Morgan fingerprint density at radius 3 is 1.85 bits per heavy atom. The molecule has 0 N–H and O–H groups in total. The summed E-state index contributed by atoms with van der Waals surface area (Å²) in [7, 11) is 0. The number of nitrogens with zero attached hydrogens (tertiary/aromatic N) is 3. The first-order valence-corrected chi connectivity index (χ1v) is 11.0. The molecular weight excluding hydrogens is 418 g/mol. The van der Waals surface area contributed by atoms with Gasteiger partial charge in [0.05, 0.1) is 34.4 Å². The Bertz CT molecular complexity index is 1520. The van der Waals surface area contributed by atoms with Crippen molar-refractivity contribution in [3.63, 3.8) is 0 Å². The molecule has 4 heteroatoms. The minimum Gasteiger partial charge on any atom is -0.453 e. The molecule has 4 aromatic carbocycles. The van der Waals surface area contributed by atoms with E-state index < -0.39 is 0 Å². The zero-order valence-electron chi connectivity index (χ0n) is 18.2. The van der Waals surface area contributed by atoms with Gasteiger partial charge >= 0.3 is 0 Å². The normalized spacial score (nSPS) is 11.7. The summed E-state index contributed by atoms with van der Waals surface area (Å²) in [4.78, 5) is 6.82. The van der Waals surface area contributed by atoms with Gasteiger partial charge in [-0.3, -0.25) is 4.98 Å². The molecule has 2 heterocycles. The van der Waals surface area contributed by atoms with Crippen LogP contribution < -0.4 is 9.64 Å². The van der Waals surface area contributed by atoms with Crippen molar-refractivity contribution in [3.8, 4) is 40.0 Å². The van der Waals surface area contributed by atoms with Crippen LogP contribution in [0.15, 0.2) is 115 Å². The molecule has 160 valence electrons. The second-order valence-electron chi connectivity index (χ2n) is 7.98. The summed E-state index contributed by atoms with van der Waals surface area (Å²) in [5, 5.41) is 9.40. The van der Waals surface area contributed by atoms with E-state index in [0.29, 0.717) is 5.56 Å². The molecule has 0 saturated heterocycles. The lowest BCUT2D eigenvalue weighted by Gasteiger charge is -2.34. The predicted octanol–water partition coefficient (Wildman–Crippen LogP) is 7.86. The smallest absolute Gasteiger partial charge is 0.151 e. The molecule has 4 nitrogen and oxygen atoms in total. The second-order valence-corrected chi connectivity index (χ2v) is 7.98. The summed E-state index contributed by atoms with van der Waals surface area (Å²) < 4.78 is 6.21. The Morgan fingerprint density at radius 1 is 0.618 bits per heavy atom. The van der Waals surface area contributed by atoms with E-state index in [4.69, 9.17) is 4.74 Å². The fourth-order valence-electron chi connectivity index (χ4n) is 4.45. The third-order valence-corrected chi connectivity index (χ3v) is 5.96. The van der Waals surface area contributed by atoms with Crippen molar-refractivity contribution in [1.82, 2.24) is 4.98 Å². The number of aromatic nitrogens is 1. The Hall–Kier alpha value is -4.88. The third-order valence-electron chi connectivity index (χ3n) is 5.96. The minimum absolute atomic E-state index is 0.587. The molecule has 0 amide bonds. The molecule has 0 fully saturated rings. The van der Waals surface area contributed by atoms with Gasteiger partial charge in [-0.15, -0.1) is 0 Å². The summed E-state index contributed by atoms with van der Waals surface area (Å²) in [6.07, 6.45) is 1.69. The van der Waals surface area contributed by atoms with Crippen LogP contribution in [0.2, 0.25) is 0 Å². The van der Waals surface area contributed by atoms with Crippen LogP contribution in [0.3, 0.4) is 0 Å². The highest BCUT2D eigenvalue weighted by molar-refractivity contribution is 5.96. The van der Waals surface area contributed by atoms with Gasteiger partial charge in [0, 0.05) is 17.3 Å².